The molecule has 2 nitrogen and oxygen atoms in total. The van der Waals surface area contributed by atoms with Crippen molar-refractivity contribution in [1.82, 2.24) is 4.90 Å². The van der Waals surface area contributed by atoms with E-state index in [0.29, 0.717) is 0 Å². The smallest absolute Gasteiger partial charge is 0.123 e. The SMILES string of the molecule is CC(O)(c1ccc(F)cc1)C1CCN(CCc2ccc(Cl)s2)CC1. The summed E-state index contributed by atoms with van der Waals surface area (Å²) < 4.78 is 13.9. The van der Waals surface area contributed by atoms with Gasteiger partial charge in [-0.05, 0) is 75.0 Å². The molecule has 1 aromatic heterocycles. The summed E-state index contributed by atoms with van der Waals surface area (Å²) in [6.07, 6.45) is 2.93. The number of benzene rings is 1. The quantitative estimate of drug-likeness (QED) is 0.827. The van der Waals surface area contributed by atoms with Gasteiger partial charge >= 0.3 is 0 Å². The minimum atomic E-state index is -0.902. The molecule has 1 atom stereocenters. The standard InChI is InChI=1S/C19H23ClFNOS/c1-19(23,14-2-4-16(21)5-3-14)15-8-11-22(12-9-15)13-10-17-6-7-18(20)24-17/h2-7,15,23H,8-13H2,1H3. The van der Waals surface area contributed by atoms with E-state index in [0.717, 1.165) is 48.8 Å². The third kappa shape index (κ3) is 4.17. The average molecular weight is 368 g/mol. The maximum atomic E-state index is 13.1. The summed E-state index contributed by atoms with van der Waals surface area (Å²) in [5, 5.41) is 10.9. The molecule has 1 saturated heterocycles. The second-order valence-corrected chi connectivity index (χ2v) is 8.53. The largest absolute Gasteiger partial charge is 0.385 e. The third-order valence-electron chi connectivity index (χ3n) is 5.11. The van der Waals surface area contributed by atoms with Crippen LogP contribution >= 0.6 is 22.9 Å². The molecular formula is C19H23ClFNOS. The maximum absolute atomic E-state index is 13.1. The van der Waals surface area contributed by atoms with Crippen molar-refractivity contribution in [3.05, 3.63) is 57.0 Å². The molecule has 24 heavy (non-hydrogen) atoms. The molecule has 0 radical (unpaired) electrons. The molecule has 0 spiro atoms. The fraction of sp³-hybridized carbons (Fsp3) is 0.474. The fourth-order valence-corrected chi connectivity index (χ4v) is 4.57. The number of hydrogen-bond acceptors (Lipinski definition) is 3. The van der Waals surface area contributed by atoms with Gasteiger partial charge in [-0.25, -0.2) is 4.39 Å². The Morgan fingerprint density at radius 3 is 2.46 bits per heavy atom. The van der Waals surface area contributed by atoms with Crippen molar-refractivity contribution in [3.63, 3.8) is 0 Å². The van der Waals surface area contributed by atoms with Crippen molar-refractivity contribution < 1.29 is 9.50 Å². The van der Waals surface area contributed by atoms with E-state index in [1.807, 2.05) is 13.0 Å². The molecule has 3 rings (SSSR count). The number of rotatable bonds is 5. The number of halogens is 2. The van der Waals surface area contributed by atoms with Gasteiger partial charge in [0.2, 0.25) is 0 Å². The molecule has 1 aliphatic rings. The van der Waals surface area contributed by atoms with Crippen LogP contribution in [0.4, 0.5) is 4.39 Å². The van der Waals surface area contributed by atoms with Gasteiger partial charge in [0, 0.05) is 11.4 Å². The Bertz CT molecular complexity index is 662. The van der Waals surface area contributed by atoms with Crippen LogP contribution in [0, 0.1) is 11.7 Å². The molecule has 1 aliphatic heterocycles. The molecule has 1 N–H and O–H groups in total. The summed E-state index contributed by atoms with van der Waals surface area (Å²) in [5.41, 5.74) is -0.100. The second kappa shape index (κ2) is 7.52. The van der Waals surface area contributed by atoms with E-state index in [4.69, 9.17) is 11.6 Å². The number of aliphatic hydroxyl groups is 1. The van der Waals surface area contributed by atoms with E-state index < -0.39 is 5.60 Å². The number of nitrogens with zero attached hydrogens (tertiary/aromatic N) is 1. The third-order valence-corrected chi connectivity index (χ3v) is 6.41. The van der Waals surface area contributed by atoms with Crippen molar-refractivity contribution in [2.45, 2.75) is 31.8 Å². The Kier molecular flexibility index (Phi) is 5.60. The fourth-order valence-electron chi connectivity index (χ4n) is 3.50. The summed E-state index contributed by atoms with van der Waals surface area (Å²) in [6.45, 7) is 4.86. The van der Waals surface area contributed by atoms with E-state index in [-0.39, 0.29) is 11.7 Å². The predicted molar refractivity (Wildman–Crippen MR) is 98.2 cm³/mol. The summed E-state index contributed by atoms with van der Waals surface area (Å²) in [4.78, 5) is 3.77. The van der Waals surface area contributed by atoms with E-state index in [1.54, 1.807) is 23.5 Å². The van der Waals surface area contributed by atoms with Crippen molar-refractivity contribution in [2.24, 2.45) is 5.92 Å². The number of thiophene rings is 1. The maximum Gasteiger partial charge on any atom is 0.123 e. The van der Waals surface area contributed by atoms with Crippen molar-refractivity contribution in [1.29, 1.82) is 0 Å². The van der Waals surface area contributed by atoms with E-state index in [2.05, 4.69) is 11.0 Å². The molecule has 1 fully saturated rings. The van der Waals surface area contributed by atoms with Crippen molar-refractivity contribution >= 4 is 22.9 Å². The van der Waals surface area contributed by atoms with Crippen LogP contribution < -0.4 is 0 Å². The van der Waals surface area contributed by atoms with E-state index in [9.17, 15) is 9.50 Å². The second-order valence-electron chi connectivity index (χ2n) is 6.73. The first-order chi connectivity index (χ1) is 11.4. The lowest BCUT2D eigenvalue weighted by Crippen LogP contribution is -2.42. The molecule has 2 aromatic rings. The zero-order valence-corrected chi connectivity index (χ0v) is 15.4. The summed E-state index contributed by atoms with van der Waals surface area (Å²) in [5.74, 6) is -0.0616. The van der Waals surface area contributed by atoms with Crippen LogP contribution in [-0.4, -0.2) is 29.6 Å². The minimum Gasteiger partial charge on any atom is -0.385 e. The van der Waals surface area contributed by atoms with Gasteiger partial charge in [-0.3, -0.25) is 0 Å². The summed E-state index contributed by atoms with van der Waals surface area (Å²) in [6, 6.07) is 10.3. The number of likely N-dealkylation sites (tertiary alicyclic amines) is 1. The molecule has 5 heteroatoms. The van der Waals surface area contributed by atoms with Gasteiger partial charge in [0.1, 0.15) is 5.82 Å². The lowest BCUT2D eigenvalue weighted by Gasteiger charge is -2.40. The Morgan fingerprint density at radius 1 is 1.21 bits per heavy atom. The van der Waals surface area contributed by atoms with Crippen LogP contribution in [0.25, 0.3) is 0 Å². The first-order valence-electron chi connectivity index (χ1n) is 8.40. The molecule has 2 heterocycles. The zero-order valence-electron chi connectivity index (χ0n) is 13.8. The Balaban J connectivity index is 1.53. The predicted octanol–water partition coefficient (Wildman–Crippen LogP) is 4.70. The monoisotopic (exact) mass is 367 g/mol. The van der Waals surface area contributed by atoms with E-state index >= 15 is 0 Å². The molecule has 0 aliphatic carbocycles. The van der Waals surface area contributed by atoms with Gasteiger partial charge in [-0.15, -0.1) is 11.3 Å². The first kappa shape index (κ1) is 17.9. The molecule has 0 amide bonds. The molecule has 0 bridgehead atoms. The van der Waals surface area contributed by atoms with E-state index in [1.165, 1.54) is 17.0 Å². The molecule has 1 aromatic carbocycles. The highest BCUT2D eigenvalue weighted by Crippen LogP contribution is 2.36. The van der Waals surface area contributed by atoms with Crippen LogP contribution in [0.2, 0.25) is 4.34 Å². The van der Waals surface area contributed by atoms with Gasteiger partial charge in [-0.2, -0.15) is 0 Å². The number of hydrogen-bond donors (Lipinski definition) is 1. The van der Waals surface area contributed by atoms with Gasteiger partial charge in [-0.1, -0.05) is 23.7 Å². The van der Waals surface area contributed by atoms with Crippen LogP contribution in [0.1, 0.15) is 30.2 Å². The molecular weight excluding hydrogens is 345 g/mol. The van der Waals surface area contributed by atoms with Gasteiger partial charge in [0.05, 0.1) is 9.94 Å². The minimum absolute atomic E-state index is 0.204. The van der Waals surface area contributed by atoms with Crippen molar-refractivity contribution in [2.75, 3.05) is 19.6 Å². The summed E-state index contributed by atoms with van der Waals surface area (Å²) >= 11 is 7.62. The van der Waals surface area contributed by atoms with Crippen LogP contribution in [0.3, 0.4) is 0 Å². The average Bonchev–Trinajstić information content (AvgIpc) is 2.99. The highest BCUT2D eigenvalue weighted by molar-refractivity contribution is 7.16. The normalized spacial score (nSPS) is 19.3. The molecule has 0 saturated carbocycles. The van der Waals surface area contributed by atoms with Crippen LogP contribution in [0.5, 0.6) is 0 Å². The van der Waals surface area contributed by atoms with Crippen LogP contribution in [-0.2, 0) is 12.0 Å². The topological polar surface area (TPSA) is 23.5 Å². The van der Waals surface area contributed by atoms with Gasteiger partial charge in [0.25, 0.3) is 0 Å². The Hall–Kier alpha value is -0.940. The first-order valence-corrected chi connectivity index (χ1v) is 9.59. The lowest BCUT2D eigenvalue weighted by molar-refractivity contribution is -0.0328. The highest BCUT2D eigenvalue weighted by atomic mass is 35.5. The van der Waals surface area contributed by atoms with Crippen molar-refractivity contribution in [3.8, 4) is 0 Å². The summed E-state index contributed by atoms with van der Waals surface area (Å²) in [7, 11) is 0. The highest BCUT2D eigenvalue weighted by Gasteiger charge is 2.35. The van der Waals surface area contributed by atoms with Gasteiger partial charge < -0.3 is 10.0 Å². The lowest BCUT2D eigenvalue weighted by atomic mass is 9.77. The zero-order chi connectivity index (χ0) is 17.2. The molecule has 130 valence electrons. The Labute approximate surface area is 151 Å². The van der Waals surface area contributed by atoms with Crippen LogP contribution in [0.15, 0.2) is 36.4 Å². The Morgan fingerprint density at radius 2 is 1.88 bits per heavy atom. The molecule has 1 unspecified atom stereocenters. The van der Waals surface area contributed by atoms with Gasteiger partial charge in [0.15, 0.2) is 0 Å². The number of piperidine rings is 1.